The molecule has 1 N–H and O–H groups in total. The Morgan fingerprint density at radius 1 is 1.38 bits per heavy atom. The van der Waals surface area contributed by atoms with Crippen LogP contribution in [0, 0.1) is 0 Å². The zero-order valence-electron chi connectivity index (χ0n) is 9.69. The normalized spacial score (nSPS) is 20.9. The van der Waals surface area contributed by atoms with Crippen LogP contribution in [0.25, 0.3) is 0 Å². The van der Waals surface area contributed by atoms with Crippen LogP contribution < -0.4 is 5.32 Å². The zero-order chi connectivity index (χ0) is 11.5. The summed E-state index contributed by atoms with van der Waals surface area (Å²) in [5, 5.41) is 2.96. The van der Waals surface area contributed by atoms with Gasteiger partial charge in [0.05, 0.1) is 12.6 Å². The van der Waals surface area contributed by atoms with E-state index < -0.39 is 0 Å². The number of carbonyl (C=O) groups excluding carboxylic acids is 1. The van der Waals surface area contributed by atoms with E-state index in [2.05, 4.69) is 31.3 Å². The van der Waals surface area contributed by atoms with E-state index in [1.807, 2.05) is 12.1 Å². The van der Waals surface area contributed by atoms with Crippen molar-refractivity contribution in [2.45, 2.75) is 25.8 Å². The third-order valence-electron chi connectivity index (χ3n) is 2.85. The molecule has 0 aliphatic carbocycles. The minimum absolute atomic E-state index is 0.000139. The van der Waals surface area contributed by atoms with E-state index in [0.29, 0.717) is 12.5 Å². The van der Waals surface area contributed by atoms with Gasteiger partial charge in [-0.15, -0.1) is 0 Å². The number of morpholine rings is 1. The molecule has 0 saturated carbocycles. The topological polar surface area (TPSA) is 38.3 Å². The zero-order valence-corrected chi connectivity index (χ0v) is 9.69. The number of hydrogen-bond donors (Lipinski definition) is 1. The highest BCUT2D eigenvalue weighted by Gasteiger charge is 2.22. The van der Waals surface area contributed by atoms with Crippen molar-refractivity contribution in [2.75, 3.05) is 13.2 Å². The lowest BCUT2D eigenvalue weighted by atomic mass is 9.93. The van der Waals surface area contributed by atoms with Gasteiger partial charge in [-0.25, -0.2) is 0 Å². The number of rotatable bonds is 2. The van der Waals surface area contributed by atoms with Crippen molar-refractivity contribution < 1.29 is 9.53 Å². The number of amides is 1. The molecule has 0 spiro atoms. The maximum absolute atomic E-state index is 11.3. The van der Waals surface area contributed by atoms with Gasteiger partial charge in [0.2, 0.25) is 5.91 Å². The minimum Gasteiger partial charge on any atom is -0.369 e. The molecule has 86 valence electrons. The lowest BCUT2D eigenvalue weighted by Gasteiger charge is -2.26. The van der Waals surface area contributed by atoms with Gasteiger partial charge in [-0.1, -0.05) is 38.1 Å². The van der Waals surface area contributed by atoms with E-state index in [1.54, 1.807) is 0 Å². The van der Waals surface area contributed by atoms with E-state index in [9.17, 15) is 4.79 Å². The highest BCUT2D eigenvalue weighted by atomic mass is 16.5. The summed E-state index contributed by atoms with van der Waals surface area (Å²) in [7, 11) is 0. The summed E-state index contributed by atoms with van der Waals surface area (Å²) >= 11 is 0. The number of nitrogens with one attached hydrogen (secondary N) is 1. The van der Waals surface area contributed by atoms with Crippen LogP contribution in [-0.4, -0.2) is 19.1 Å². The van der Waals surface area contributed by atoms with Crippen LogP contribution in [0.2, 0.25) is 0 Å². The molecule has 16 heavy (non-hydrogen) atoms. The van der Waals surface area contributed by atoms with Gasteiger partial charge in [-0.3, -0.25) is 4.79 Å². The molecule has 0 unspecified atom stereocenters. The molecule has 0 bridgehead atoms. The molecule has 1 amide bonds. The standard InChI is InChI=1S/C13H17NO2/c1-9(2)10-5-3-4-6-11(10)12-7-16-8-13(15)14-12/h3-6,9,12H,7-8H2,1-2H3,(H,14,15)/t12-/m0/s1. The van der Waals surface area contributed by atoms with E-state index in [4.69, 9.17) is 4.74 Å². The first-order valence-electron chi connectivity index (χ1n) is 5.64. The molecule has 1 fully saturated rings. The fourth-order valence-electron chi connectivity index (χ4n) is 2.07. The van der Waals surface area contributed by atoms with E-state index in [0.717, 1.165) is 0 Å². The number of ether oxygens (including phenoxy) is 1. The Hall–Kier alpha value is -1.35. The third-order valence-corrected chi connectivity index (χ3v) is 2.85. The fraction of sp³-hybridized carbons (Fsp3) is 0.462. The first-order valence-corrected chi connectivity index (χ1v) is 5.64. The van der Waals surface area contributed by atoms with Crippen molar-refractivity contribution in [2.24, 2.45) is 0 Å². The molecule has 1 atom stereocenters. The molecule has 0 radical (unpaired) electrons. The fourth-order valence-corrected chi connectivity index (χ4v) is 2.07. The molecule has 1 heterocycles. The van der Waals surface area contributed by atoms with Gasteiger partial charge in [0.1, 0.15) is 6.61 Å². The van der Waals surface area contributed by atoms with Crippen molar-refractivity contribution >= 4 is 5.91 Å². The van der Waals surface area contributed by atoms with Crippen molar-refractivity contribution in [3.63, 3.8) is 0 Å². The number of benzene rings is 1. The lowest BCUT2D eigenvalue weighted by Crippen LogP contribution is -2.40. The molecule has 3 nitrogen and oxygen atoms in total. The van der Waals surface area contributed by atoms with Gasteiger partial charge < -0.3 is 10.1 Å². The molecule has 0 aromatic heterocycles. The second kappa shape index (κ2) is 4.66. The summed E-state index contributed by atoms with van der Waals surface area (Å²) in [6.07, 6.45) is 0. The Kier molecular flexibility index (Phi) is 3.25. The molecule has 1 aliphatic heterocycles. The van der Waals surface area contributed by atoms with Gasteiger partial charge in [-0.05, 0) is 17.0 Å². The van der Waals surface area contributed by atoms with Crippen LogP contribution in [0.3, 0.4) is 0 Å². The van der Waals surface area contributed by atoms with Gasteiger partial charge in [-0.2, -0.15) is 0 Å². The second-order valence-electron chi connectivity index (χ2n) is 4.42. The maximum Gasteiger partial charge on any atom is 0.246 e. The SMILES string of the molecule is CC(C)c1ccccc1[C@@H]1COCC(=O)N1. The highest BCUT2D eigenvalue weighted by molar-refractivity contribution is 5.78. The number of carbonyl (C=O) groups is 1. The Balaban J connectivity index is 2.28. The summed E-state index contributed by atoms with van der Waals surface area (Å²) in [6.45, 7) is 5.06. The summed E-state index contributed by atoms with van der Waals surface area (Å²) < 4.78 is 5.27. The molecule has 1 aromatic rings. The second-order valence-corrected chi connectivity index (χ2v) is 4.42. The van der Waals surface area contributed by atoms with Crippen LogP contribution in [0.4, 0.5) is 0 Å². The van der Waals surface area contributed by atoms with Crippen LogP contribution in [0.15, 0.2) is 24.3 Å². The average molecular weight is 219 g/mol. The van der Waals surface area contributed by atoms with Gasteiger partial charge in [0.25, 0.3) is 0 Å². The monoisotopic (exact) mass is 219 g/mol. The predicted octanol–water partition coefficient (Wildman–Crippen LogP) is 2.00. The highest BCUT2D eigenvalue weighted by Crippen LogP contribution is 2.26. The van der Waals surface area contributed by atoms with E-state index in [1.165, 1.54) is 11.1 Å². The molecule has 1 aromatic carbocycles. The molecule has 1 aliphatic rings. The van der Waals surface area contributed by atoms with Gasteiger partial charge in [0.15, 0.2) is 0 Å². The van der Waals surface area contributed by atoms with Crippen LogP contribution >= 0.6 is 0 Å². The van der Waals surface area contributed by atoms with Crippen LogP contribution in [0.1, 0.15) is 36.9 Å². The molecule has 1 saturated heterocycles. The maximum atomic E-state index is 11.3. The summed E-state index contributed by atoms with van der Waals surface area (Å²) in [5.41, 5.74) is 2.45. The Morgan fingerprint density at radius 2 is 2.12 bits per heavy atom. The average Bonchev–Trinajstić information content (AvgIpc) is 2.29. The van der Waals surface area contributed by atoms with Crippen LogP contribution in [-0.2, 0) is 9.53 Å². The third kappa shape index (κ3) is 2.25. The minimum atomic E-state index is -0.0326. The first kappa shape index (κ1) is 11.1. The lowest BCUT2D eigenvalue weighted by molar-refractivity contribution is -0.131. The van der Waals surface area contributed by atoms with Crippen molar-refractivity contribution in [3.8, 4) is 0 Å². The largest absolute Gasteiger partial charge is 0.369 e. The van der Waals surface area contributed by atoms with Crippen molar-refractivity contribution in [1.82, 2.24) is 5.32 Å². The Labute approximate surface area is 95.8 Å². The molecular formula is C13H17NO2. The van der Waals surface area contributed by atoms with Gasteiger partial charge in [0, 0.05) is 0 Å². The van der Waals surface area contributed by atoms with Crippen molar-refractivity contribution in [1.29, 1.82) is 0 Å². The summed E-state index contributed by atoms with van der Waals surface area (Å²) in [5.74, 6) is 0.421. The van der Waals surface area contributed by atoms with Gasteiger partial charge >= 0.3 is 0 Å². The molecular weight excluding hydrogens is 202 g/mol. The first-order chi connectivity index (χ1) is 7.68. The smallest absolute Gasteiger partial charge is 0.246 e. The Morgan fingerprint density at radius 3 is 2.81 bits per heavy atom. The summed E-state index contributed by atoms with van der Waals surface area (Å²) in [4.78, 5) is 11.3. The molecule has 3 heteroatoms. The quantitative estimate of drug-likeness (QED) is 0.826. The number of hydrogen-bond acceptors (Lipinski definition) is 2. The predicted molar refractivity (Wildman–Crippen MR) is 62.2 cm³/mol. The summed E-state index contributed by atoms with van der Waals surface area (Å²) in [6, 6.07) is 8.21. The van der Waals surface area contributed by atoms with E-state index in [-0.39, 0.29) is 18.6 Å². The molecule has 2 rings (SSSR count). The van der Waals surface area contributed by atoms with E-state index >= 15 is 0 Å². The van der Waals surface area contributed by atoms with Crippen molar-refractivity contribution in [3.05, 3.63) is 35.4 Å². The van der Waals surface area contributed by atoms with Crippen LogP contribution in [0.5, 0.6) is 0 Å². The Bertz CT molecular complexity index is 387.